The standard InChI is InChI=1S/C15H18BrNO/c1-8-5-6-13(16)12(7-8)15(18)14-10(3)9(2)11(4)17-14/h5-7,15,17-18H,1-4H3. The molecule has 1 aromatic heterocycles. The van der Waals surface area contributed by atoms with Gasteiger partial charge in [0.1, 0.15) is 6.10 Å². The summed E-state index contributed by atoms with van der Waals surface area (Å²) in [7, 11) is 0. The quantitative estimate of drug-likeness (QED) is 0.861. The monoisotopic (exact) mass is 307 g/mol. The Morgan fingerprint density at radius 1 is 1.11 bits per heavy atom. The van der Waals surface area contributed by atoms with Crippen molar-refractivity contribution >= 4 is 15.9 Å². The second-order valence-electron chi connectivity index (χ2n) is 4.84. The van der Waals surface area contributed by atoms with Gasteiger partial charge in [0.2, 0.25) is 0 Å². The molecule has 0 amide bonds. The van der Waals surface area contributed by atoms with Gasteiger partial charge < -0.3 is 10.1 Å². The lowest BCUT2D eigenvalue weighted by Crippen LogP contribution is -2.03. The molecule has 2 N–H and O–H groups in total. The number of aryl methyl sites for hydroxylation is 2. The van der Waals surface area contributed by atoms with Crippen molar-refractivity contribution in [3.63, 3.8) is 0 Å². The summed E-state index contributed by atoms with van der Waals surface area (Å²) in [5, 5.41) is 10.6. The van der Waals surface area contributed by atoms with Crippen LogP contribution in [0.5, 0.6) is 0 Å². The van der Waals surface area contributed by atoms with Crippen molar-refractivity contribution in [2.75, 3.05) is 0 Å². The number of halogens is 1. The number of nitrogens with one attached hydrogen (secondary N) is 1. The SMILES string of the molecule is Cc1ccc(Br)c(C(O)c2[nH]c(C)c(C)c2C)c1. The van der Waals surface area contributed by atoms with Gasteiger partial charge in [-0.1, -0.05) is 33.6 Å². The Morgan fingerprint density at radius 3 is 2.33 bits per heavy atom. The van der Waals surface area contributed by atoms with E-state index in [1.165, 1.54) is 5.56 Å². The molecule has 1 unspecified atom stereocenters. The molecule has 18 heavy (non-hydrogen) atoms. The van der Waals surface area contributed by atoms with Crippen LogP contribution in [0.15, 0.2) is 22.7 Å². The molecule has 2 nitrogen and oxygen atoms in total. The van der Waals surface area contributed by atoms with E-state index in [2.05, 4.69) is 27.8 Å². The van der Waals surface area contributed by atoms with Crippen molar-refractivity contribution in [2.24, 2.45) is 0 Å². The van der Waals surface area contributed by atoms with Crippen molar-refractivity contribution in [1.29, 1.82) is 0 Å². The third-order valence-electron chi connectivity index (χ3n) is 3.57. The van der Waals surface area contributed by atoms with Crippen LogP contribution in [0.25, 0.3) is 0 Å². The van der Waals surface area contributed by atoms with Gasteiger partial charge in [0.25, 0.3) is 0 Å². The zero-order chi connectivity index (χ0) is 13.4. The Labute approximate surface area is 116 Å². The largest absolute Gasteiger partial charge is 0.382 e. The van der Waals surface area contributed by atoms with Crippen LogP contribution in [0.4, 0.5) is 0 Å². The first kappa shape index (κ1) is 13.4. The first-order chi connectivity index (χ1) is 8.41. The van der Waals surface area contributed by atoms with E-state index in [4.69, 9.17) is 0 Å². The molecule has 0 aliphatic carbocycles. The maximum Gasteiger partial charge on any atom is 0.120 e. The average molecular weight is 308 g/mol. The number of aromatic nitrogens is 1. The first-order valence-electron chi connectivity index (χ1n) is 6.01. The van der Waals surface area contributed by atoms with Crippen LogP contribution in [0.3, 0.4) is 0 Å². The zero-order valence-electron chi connectivity index (χ0n) is 11.1. The number of aliphatic hydroxyl groups is 1. The molecular weight excluding hydrogens is 290 g/mol. The summed E-state index contributed by atoms with van der Waals surface area (Å²) in [6.45, 7) is 8.17. The van der Waals surface area contributed by atoms with Crippen molar-refractivity contribution in [1.82, 2.24) is 4.98 Å². The summed E-state index contributed by atoms with van der Waals surface area (Å²) in [5.41, 5.74) is 6.40. The van der Waals surface area contributed by atoms with Gasteiger partial charge in [-0.05, 0) is 44.9 Å². The van der Waals surface area contributed by atoms with Gasteiger partial charge in [0.15, 0.2) is 0 Å². The van der Waals surface area contributed by atoms with Crippen LogP contribution in [0.1, 0.15) is 39.7 Å². The summed E-state index contributed by atoms with van der Waals surface area (Å²) >= 11 is 3.50. The maximum atomic E-state index is 10.6. The highest BCUT2D eigenvalue weighted by Gasteiger charge is 2.19. The molecule has 1 atom stereocenters. The highest BCUT2D eigenvalue weighted by atomic mass is 79.9. The number of hydrogen-bond acceptors (Lipinski definition) is 1. The van der Waals surface area contributed by atoms with E-state index < -0.39 is 6.10 Å². The van der Waals surface area contributed by atoms with Crippen molar-refractivity contribution in [3.05, 3.63) is 56.3 Å². The molecule has 0 saturated heterocycles. The molecule has 0 saturated carbocycles. The number of aromatic amines is 1. The lowest BCUT2D eigenvalue weighted by Gasteiger charge is -2.14. The van der Waals surface area contributed by atoms with Crippen molar-refractivity contribution < 1.29 is 5.11 Å². The molecule has 2 aromatic rings. The predicted molar refractivity (Wildman–Crippen MR) is 77.9 cm³/mol. The Balaban J connectivity index is 2.50. The van der Waals surface area contributed by atoms with Gasteiger partial charge in [0, 0.05) is 15.7 Å². The molecule has 0 radical (unpaired) electrons. The van der Waals surface area contributed by atoms with E-state index >= 15 is 0 Å². The molecule has 0 fully saturated rings. The third kappa shape index (κ3) is 2.25. The minimum absolute atomic E-state index is 0.619. The fourth-order valence-corrected chi connectivity index (χ4v) is 2.64. The third-order valence-corrected chi connectivity index (χ3v) is 4.29. The molecule has 3 heteroatoms. The minimum atomic E-state index is -0.619. The molecule has 0 spiro atoms. The van der Waals surface area contributed by atoms with Gasteiger partial charge in [-0.15, -0.1) is 0 Å². The topological polar surface area (TPSA) is 36.0 Å². The fraction of sp³-hybridized carbons (Fsp3) is 0.333. The van der Waals surface area contributed by atoms with E-state index in [0.717, 1.165) is 32.6 Å². The molecule has 0 aliphatic rings. The molecule has 0 bridgehead atoms. The van der Waals surface area contributed by atoms with Gasteiger partial charge in [-0.25, -0.2) is 0 Å². The summed E-state index contributed by atoms with van der Waals surface area (Å²) in [6.07, 6.45) is -0.619. The van der Waals surface area contributed by atoms with Gasteiger partial charge in [-0.3, -0.25) is 0 Å². The number of aliphatic hydroxyl groups excluding tert-OH is 1. The fourth-order valence-electron chi connectivity index (χ4n) is 2.17. The van der Waals surface area contributed by atoms with E-state index in [9.17, 15) is 5.11 Å². The van der Waals surface area contributed by atoms with Crippen LogP contribution in [-0.2, 0) is 0 Å². The second-order valence-corrected chi connectivity index (χ2v) is 5.70. The summed E-state index contributed by atoms with van der Waals surface area (Å²) in [5.74, 6) is 0. The summed E-state index contributed by atoms with van der Waals surface area (Å²) < 4.78 is 0.935. The molecule has 1 heterocycles. The van der Waals surface area contributed by atoms with Crippen LogP contribution in [0.2, 0.25) is 0 Å². The van der Waals surface area contributed by atoms with Crippen LogP contribution in [0, 0.1) is 27.7 Å². The molecule has 96 valence electrons. The average Bonchev–Trinajstić information content (AvgIpc) is 2.59. The highest BCUT2D eigenvalue weighted by Crippen LogP contribution is 2.32. The second kappa shape index (κ2) is 4.90. The Kier molecular flexibility index (Phi) is 3.64. The van der Waals surface area contributed by atoms with Crippen molar-refractivity contribution in [3.8, 4) is 0 Å². The van der Waals surface area contributed by atoms with E-state index in [1.54, 1.807) is 0 Å². The predicted octanol–water partition coefficient (Wildman–Crippen LogP) is 4.09. The van der Waals surface area contributed by atoms with Crippen LogP contribution < -0.4 is 0 Å². The lowest BCUT2D eigenvalue weighted by molar-refractivity contribution is 0.214. The Hall–Kier alpha value is -1.06. The number of hydrogen-bond donors (Lipinski definition) is 2. The molecular formula is C15H18BrNO. The van der Waals surface area contributed by atoms with Crippen molar-refractivity contribution in [2.45, 2.75) is 33.8 Å². The molecule has 2 rings (SSSR count). The smallest absolute Gasteiger partial charge is 0.120 e. The lowest BCUT2D eigenvalue weighted by atomic mass is 10.0. The van der Waals surface area contributed by atoms with Crippen LogP contribution in [-0.4, -0.2) is 10.1 Å². The van der Waals surface area contributed by atoms with E-state index in [1.807, 2.05) is 39.0 Å². The summed E-state index contributed by atoms with van der Waals surface area (Å²) in [4.78, 5) is 3.29. The minimum Gasteiger partial charge on any atom is -0.382 e. The summed E-state index contributed by atoms with van der Waals surface area (Å²) in [6, 6.07) is 6.02. The van der Waals surface area contributed by atoms with Crippen LogP contribution >= 0.6 is 15.9 Å². The molecule has 0 aliphatic heterocycles. The Morgan fingerprint density at radius 2 is 1.78 bits per heavy atom. The van der Waals surface area contributed by atoms with Gasteiger partial charge in [0.05, 0.1) is 5.69 Å². The Bertz CT molecular complexity index is 586. The highest BCUT2D eigenvalue weighted by molar-refractivity contribution is 9.10. The maximum absolute atomic E-state index is 10.6. The number of H-pyrrole nitrogens is 1. The normalized spacial score (nSPS) is 12.8. The zero-order valence-corrected chi connectivity index (χ0v) is 12.7. The van der Waals surface area contributed by atoms with Gasteiger partial charge >= 0.3 is 0 Å². The van der Waals surface area contributed by atoms with E-state index in [0.29, 0.717) is 0 Å². The number of rotatable bonds is 2. The van der Waals surface area contributed by atoms with Gasteiger partial charge in [-0.2, -0.15) is 0 Å². The first-order valence-corrected chi connectivity index (χ1v) is 6.81. The number of benzene rings is 1. The molecule has 1 aromatic carbocycles. The van der Waals surface area contributed by atoms with E-state index in [-0.39, 0.29) is 0 Å².